The summed E-state index contributed by atoms with van der Waals surface area (Å²) >= 11 is 13.1. The Labute approximate surface area is 176 Å². The number of benzene rings is 1. The van der Waals surface area contributed by atoms with Crippen molar-refractivity contribution < 1.29 is 19.1 Å². The summed E-state index contributed by atoms with van der Waals surface area (Å²) in [5, 5.41) is 13.0. The zero-order chi connectivity index (χ0) is 20.8. The first-order valence-electron chi connectivity index (χ1n) is 8.05. The number of anilines is 1. The fourth-order valence-corrected chi connectivity index (χ4v) is 4.01. The van der Waals surface area contributed by atoms with Crippen molar-refractivity contribution in [2.24, 2.45) is 0 Å². The van der Waals surface area contributed by atoms with Crippen LogP contribution in [-0.4, -0.2) is 25.6 Å². The fraction of sp³-hybridized carbons (Fsp3) is 0.211. The molecule has 1 heterocycles. The highest BCUT2D eigenvalue weighted by Gasteiger charge is 2.21. The molecule has 0 bridgehead atoms. The molecule has 1 amide bonds. The maximum absolute atomic E-state index is 12.3. The van der Waals surface area contributed by atoms with Gasteiger partial charge in [0.05, 0.1) is 24.3 Å². The molecule has 0 radical (unpaired) electrons. The van der Waals surface area contributed by atoms with Gasteiger partial charge in [0.25, 0.3) is 0 Å². The second-order valence-electron chi connectivity index (χ2n) is 5.43. The van der Waals surface area contributed by atoms with Crippen molar-refractivity contribution in [2.45, 2.75) is 13.8 Å². The average Bonchev–Trinajstić information content (AvgIpc) is 2.95. The number of hydrogen-bond donors (Lipinski definition) is 1. The van der Waals surface area contributed by atoms with Crippen molar-refractivity contribution in [1.29, 1.82) is 5.26 Å². The van der Waals surface area contributed by atoms with E-state index in [-0.39, 0.29) is 22.0 Å². The van der Waals surface area contributed by atoms with Crippen molar-refractivity contribution in [2.75, 3.05) is 19.0 Å². The SMILES string of the molecule is CCOC(=O)c1sc(NC(=O)/C=C/c2cc(Cl)cc(Cl)c2OC)c(C#N)c1C. The zero-order valence-corrected chi connectivity index (χ0v) is 17.6. The lowest BCUT2D eigenvalue weighted by atomic mass is 10.1. The Balaban J connectivity index is 2.27. The van der Waals surface area contributed by atoms with Gasteiger partial charge in [-0.1, -0.05) is 23.2 Å². The van der Waals surface area contributed by atoms with E-state index in [1.54, 1.807) is 19.9 Å². The highest BCUT2D eigenvalue weighted by atomic mass is 35.5. The van der Waals surface area contributed by atoms with E-state index in [2.05, 4.69) is 5.32 Å². The minimum atomic E-state index is -0.532. The Morgan fingerprint density at radius 3 is 2.68 bits per heavy atom. The summed E-state index contributed by atoms with van der Waals surface area (Å²) in [5.74, 6) is -0.647. The minimum absolute atomic E-state index is 0.215. The molecule has 0 spiro atoms. The average molecular weight is 439 g/mol. The standard InChI is InChI=1S/C19H16Cl2N2O4S/c1-4-27-19(25)17-10(2)13(9-22)18(28-17)23-15(24)6-5-11-7-12(20)8-14(21)16(11)26-3/h5-8H,4H2,1-3H3,(H,23,24)/b6-5+. The number of ether oxygens (including phenoxy) is 2. The molecule has 0 saturated heterocycles. The molecule has 0 saturated carbocycles. The van der Waals surface area contributed by atoms with Gasteiger partial charge < -0.3 is 14.8 Å². The Hall–Kier alpha value is -2.53. The third-order valence-corrected chi connectivity index (χ3v) is 5.30. The van der Waals surface area contributed by atoms with Gasteiger partial charge in [-0.25, -0.2) is 4.79 Å². The number of carbonyl (C=O) groups excluding carboxylic acids is 2. The highest BCUT2D eigenvalue weighted by Crippen LogP contribution is 2.34. The highest BCUT2D eigenvalue weighted by molar-refractivity contribution is 7.18. The molecule has 0 aliphatic rings. The van der Waals surface area contributed by atoms with Gasteiger partial charge in [-0.05, 0) is 37.6 Å². The van der Waals surface area contributed by atoms with Crippen molar-refractivity contribution in [3.63, 3.8) is 0 Å². The topological polar surface area (TPSA) is 88.4 Å². The van der Waals surface area contributed by atoms with E-state index in [0.29, 0.717) is 26.9 Å². The van der Waals surface area contributed by atoms with E-state index in [1.807, 2.05) is 6.07 Å². The van der Waals surface area contributed by atoms with Gasteiger partial charge in [-0.3, -0.25) is 4.79 Å². The number of nitriles is 1. The number of hydrogen-bond acceptors (Lipinski definition) is 6. The van der Waals surface area contributed by atoms with Crippen LogP contribution in [0.4, 0.5) is 5.00 Å². The minimum Gasteiger partial charge on any atom is -0.495 e. The molecule has 0 atom stereocenters. The summed E-state index contributed by atoms with van der Waals surface area (Å²) < 4.78 is 10.2. The summed E-state index contributed by atoms with van der Waals surface area (Å²) in [7, 11) is 1.46. The smallest absolute Gasteiger partial charge is 0.348 e. The lowest BCUT2D eigenvalue weighted by molar-refractivity contribution is -0.111. The third-order valence-electron chi connectivity index (χ3n) is 3.61. The summed E-state index contributed by atoms with van der Waals surface area (Å²) in [6, 6.07) is 5.14. The number of esters is 1. The largest absolute Gasteiger partial charge is 0.495 e. The summed E-state index contributed by atoms with van der Waals surface area (Å²) in [5.41, 5.74) is 1.21. The van der Waals surface area contributed by atoms with Crippen LogP contribution in [0.25, 0.3) is 6.08 Å². The number of amides is 1. The second-order valence-corrected chi connectivity index (χ2v) is 7.29. The van der Waals surface area contributed by atoms with E-state index < -0.39 is 11.9 Å². The van der Waals surface area contributed by atoms with Crippen LogP contribution in [0.3, 0.4) is 0 Å². The van der Waals surface area contributed by atoms with E-state index in [0.717, 1.165) is 11.3 Å². The first-order valence-corrected chi connectivity index (χ1v) is 9.62. The summed E-state index contributed by atoms with van der Waals surface area (Å²) in [6.07, 6.45) is 2.75. The Morgan fingerprint density at radius 1 is 1.36 bits per heavy atom. The zero-order valence-electron chi connectivity index (χ0n) is 15.3. The quantitative estimate of drug-likeness (QED) is 0.502. The van der Waals surface area contributed by atoms with E-state index in [1.165, 1.54) is 25.3 Å². The Bertz CT molecular complexity index is 993. The molecule has 1 aromatic heterocycles. The molecule has 9 heteroatoms. The van der Waals surface area contributed by atoms with Gasteiger partial charge in [0.15, 0.2) is 0 Å². The molecular formula is C19H16Cl2N2O4S. The number of methoxy groups -OCH3 is 1. The molecule has 0 aliphatic heterocycles. The maximum Gasteiger partial charge on any atom is 0.348 e. The molecule has 6 nitrogen and oxygen atoms in total. The molecule has 2 aromatic rings. The predicted molar refractivity (Wildman–Crippen MR) is 110 cm³/mol. The van der Waals surface area contributed by atoms with Crippen molar-refractivity contribution >= 4 is 57.5 Å². The van der Waals surface area contributed by atoms with Crippen molar-refractivity contribution in [1.82, 2.24) is 0 Å². The predicted octanol–water partition coefficient (Wildman–Crippen LogP) is 5.07. The molecule has 28 heavy (non-hydrogen) atoms. The number of nitrogens with zero attached hydrogens (tertiary/aromatic N) is 1. The lowest BCUT2D eigenvalue weighted by Gasteiger charge is -2.07. The van der Waals surface area contributed by atoms with Gasteiger partial charge >= 0.3 is 5.97 Å². The summed E-state index contributed by atoms with van der Waals surface area (Å²) in [4.78, 5) is 24.6. The van der Waals surface area contributed by atoms with E-state index in [9.17, 15) is 14.9 Å². The molecule has 0 fully saturated rings. The second kappa shape index (κ2) is 9.60. The van der Waals surface area contributed by atoms with Crippen LogP contribution in [-0.2, 0) is 9.53 Å². The molecule has 1 N–H and O–H groups in total. The molecule has 2 rings (SSSR count). The van der Waals surface area contributed by atoms with Crippen LogP contribution in [0.5, 0.6) is 5.75 Å². The van der Waals surface area contributed by atoms with Gasteiger partial charge in [-0.2, -0.15) is 5.26 Å². The number of halogens is 2. The number of rotatable bonds is 6. The van der Waals surface area contributed by atoms with Gasteiger partial charge in [-0.15, -0.1) is 11.3 Å². The third kappa shape index (κ3) is 4.84. The van der Waals surface area contributed by atoms with E-state index >= 15 is 0 Å². The molecule has 1 aromatic carbocycles. The number of nitrogens with one attached hydrogen (secondary N) is 1. The maximum atomic E-state index is 12.3. The van der Waals surface area contributed by atoms with Crippen LogP contribution in [0.2, 0.25) is 10.0 Å². The normalized spacial score (nSPS) is 10.6. The summed E-state index contributed by atoms with van der Waals surface area (Å²) in [6.45, 7) is 3.54. The van der Waals surface area contributed by atoms with Crippen LogP contribution < -0.4 is 10.1 Å². The van der Waals surface area contributed by atoms with Crippen LogP contribution in [0.15, 0.2) is 18.2 Å². The van der Waals surface area contributed by atoms with Crippen molar-refractivity contribution in [3.05, 3.63) is 49.8 Å². The molecule has 0 unspecified atom stereocenters. The number of thiophene rings is 1. The molecular weight excluding hydrogens is 423 g/mol. The lowest BCUT2D eigenvalue weighted by Crippen LogP contribution is -2.07. The monoisotopic (exact) mass is 438 g/mol. The van der Waals surface area contributed by atoms with E-state index in [4.69, 9.17) is 32.7 Å². The van der Waals surface area contributed by atoms with Crippen LogP contribution in [0.1, 0.15) is 33.3 Å². The first-order chi connectivity index (χ1) is 13.3. The van der Waals surface area contributed by atoms with Crippen LogP contribution >= 0.6 is 34.5 Å². The molecule has 146 valence electrons. The van der Waals surface area contributed by atoms with Crippen molar-refractivity contribution in [3.8, 4) is 11.8 Å². The Kier molecular flexibility index (Phi) is 7.46. The van der Waals surface area contributed by atoms with Gasteiger partial charge in [0.1, 0.15) is 21.7 Å². The Morgan fingerprint density at radius 2 is 2.07 bits per heavy atom. The van der Waals surface area contributed by atoms with Gasteiger partial charge in [0.2, 0.25) is 5.91 Å². The van der Waals surface area contributed by atoms with Crippen LogP contribution in [0, 0.1) is 18.3 Å². The van der Waals surface area contributed by atoms with Gasteiger partial charge in [0, 0.05) is 16.7 Å². The number of carbonyl (C=O) groups is 2. The fourth-order valence-electron chi connectivity index (χ4n) is 2.37. The molecule has 0 aliphatic carbocycles. The first kappa shape index (κ1) is 21.8.